The molecule has 2 aromatic heterocycles. The number of hydrogen-bond donors (Lipinski definition) is 2. The number of methoxy groups -OCH3 is 1. The summed E-state index contributed by atoms with van der Waals surface area (Å²) in [5.74, 6) is -0.879. The molecule has 4 rings (SSSR count). The predicted octanol–water partition coefficient (Wildman–Crippen LogP) is 4.09. The summed E-state index contributed by atoms with van der Waals surface area (Å²) < 4.78 is 29.5. The van der Waals surface area contributed by atoms with Crippen molar-refractivity contribution in [3.8, 4) is 28.3 Å². The van der Waals surface area contributed by atoms with E-state index in [4.69, 9.17) is 18.8 Å². The van der Waals surface area contributed by atoms with Crippen molar-refractivity contribution in [3.63, 3.8) is 0 Å². The van der Waals surface area contributed by atoms with Gasteiger partial charge in [0.2, 0.25) is 0 Å². The maximum Gasteiger partial charge on any atom is 0.340 e. The molecule has 0 bridgehead atoms. The fourth-order valence-electron chi connectivity index (χ4n) is 3.02. The fourth-order valence-corrected chi connectivity index (χ4v) is 3.02. The van der Waals surface area contributed by atoms with E-state index in [0.717, 1.165) is 0 Å². The first-order valence-electron chi connectivity index (χ1n) is 8.22. The second-order valence-electron chi connectivity index (χ2n) is 6.00. The summed E-state index contributed by atoms with van der Waals surface area (Å²) in [5, 5.41) is 23.1. The number of aliphatic hydroxyl groups is 1. The molecule has 28 heavy (non-hydrogen) atoms. The first kappa shape index (κ1) is 17.7. The minimum absolute atomic E-state index is 0.0531. The van der Waals surface area contributed by atoms with Crippen molar-refractivity contribution in [2.75, 3.05) is 7.11 Å². The van der Waals surface area contributed by atoms with E-state index in [9.17, 15) is 14.3 Å². The van der Waals surface area contributed by atoms with Crippen LogP contribution < -0.4 is 4.74 Å². The summed E-state index contributed by atoms with van der Waals surface area (Å²) in [6, 6.07) is 10.0. The maximum absolute atomic E-state index is 13.2. The normalized spacial score (nSPS) is 11.1. The number of ether oxygens (including phenoxy) is 1. The van der Waals surface area contributed by atoms with Gasteiger partial charge in [-0.05, 0) is 36.4 Å². The van der Waals surface area contributed by atoms with Gasteiger partial charge in [-0.2, -0.15) is 0 Å². The van der Waals surface area contributed by atoms with Crippen molar-refractivity contribution in [2.24, 2.45) is 0 Å². The Morgan fingerprint density at radius 1 is 1.21 bits per heavy atom. The van der Waals surface area contributed by atoms with Crippen LogP contribution in [0.3, 0.4) is 0 Å². The third kappa shape index (κ3) is 2.89. The van der Waals surface area contributed by atoms with E-state index in [-0.39, 0.29) is 23.7 Å². The van der Waals surface area contributed by atoms with Crippen LogP contribution >= 0.6 is 0 Å². The number of aromatic nitrogens is 1. The van der Waals surface area contributed by atoms with Crippen LogP contribution in [0.1, 0.15) is 16.1 Å². The smallest absolute Gasteiger partial charge is 0.340 e. The van der Waals surface area contributed by atoms with E-state index in [1.165, 1.54) is 37.4 Å². The number of fused-ring (bicyclic) bond motifs is 1. The quantitative estimate of drug-likeness (QED) is 0.534. The standard InChI is InChI=1S/C20H14FNO6/c1-26-16-8-14-17(7-13(16)15-6-12(9-23)28-22-15)27-19(18(14)20(24)25)10-2-4-11(21)5-3-10/h2-8,23H,9H2,1H3,(H,24,25). The summed E-state index contributed by atoms with van der Waals surface area (Å²) >= 11 is 0. The lowest BCUT2D eigenvalue weighted by Gasteiger charge is -2.05. The van der Waals surface area contributed by atoms with E-state index in [1.807, 2.05) is 0 Å². The number of furan rings is 1. The molecule has 4 aromatic rings. The maximum atomic E-state index is 13.2. The fraction of sp³-hybridized carbons (Fsp3) is 0.100. The lowest BCUT2D eigenvalue weighted by molar-refractivity contribution is 0.0699. The number of aliphatic hydroxyl groups excluding tert-OH is 1. The van der Waals surface area contributed by atoms with Gasteiger partial charge >= 0.3 is 5.97 Å². The molecule has 0 radical (unpaired) electrons. The zero-order chi connectivity index (χ0) is 19.8. The Balaban J connectivity index is 1.96. The van der Waals surface area contributed by atoms with Gasteiger partial charge in [-0.1, -0.05) is 5.16 Å². The molecule has 2 aromatic carbocycles. The van der Waals surface area contributed by atoms with Crippen LogP contribution in [0.4, 0.5) is 4.39 Å². The number of carbonyl (C=O) groups is 1. The van der Waals surface area contributed by atoms with Crippen molar-refractivity contribution in [2.45, 2.75) is 6.61 Å². The lowest BCUT2D eigenvalue weighted by Crippen LogP contribution is -1.97. The summed E-state index contributed by atoms with van der Waals surface area (Å²) in [4.78, 5) is 11.9. The third-order valence-electron chi connectivity index (χ3n) is 4.32. The molecule has 142 valence electrons. The number of halogens is 1. The Bertz CT molecular complexity index is 1180. The summed E-state index contributed by atoms with van der Waals surface area (Å²) in [6.07, 6.45) is 0. The van der Waals surface area contributed by atoms with Crippen LogP contribution in [-0.2, 0) is 6.61 Å². The SMILES string of the molecule is COc1cc2c(C(=O)O)c(-c3ccc(F)cc3)oc2cc1-c1cc(CO)on1. The molecule has 0 atom stereocenters. The molecular formula is C20H14FNO6. The summed E-state index contributed by atoms with van der Waals surface area (Å²) in [7, 11) is 1.44. The largest absolute Gasteiger partial charge is 0.496 e. The minimum Gasteiger partial charge on any atom is -0.496 e. The summed E-state index contributed by atoms with van der Waals surface area (Å²) in [6.45, 7) is -0.309. The Labute approximate surface area is 157 Å². The number of carboxylic acid groups (broad SMARTS) is 1. The zero-order valence-electron chi connectivity index (χ0n) is 14.6. The molecule has 0 saturated heterocycles. The van der Waals surface area contributed by atoms with Crippen LogP contribution in [0.15, 0.2) is 51.4 Å². The van der Waals surface area contributed by atoms with Crippen LogP contribution in [0, 0.1) is 5.82 Å². The van der Waals surface area contributed by atoms with Crippen molar-refractivity contribution in [3.05, 3.63) is 59.6 Å². The molecule has 0 unspecified atom stereocenters. The highest BCUT2D eigenvalue weighted by Gasteiger charge is 2.24. The lowest BCUT2D eigenvalue weighted by atomic mass is 10.0. The molecule has 0 fully saturated rings. The summed E-state index contributed by atoms with van der Waals surface area (Å²) in [5.41, 5.74) is 1.58. The van der Waals surface area contributed by atoms with Crippen LogP contribution in [-0.4, -0.2) is 28.4 Å². The third-order valence-corrected chi connectivity index (χ3v) is 4.32. The molecule has 2 heterocycles. The van der Waals surface area contributed by atoms with E-state index in [2.05, 4.69) is 5.16 Å². The first-order chi connectivity index (χ1) is 13.5. The topological polar surface area (TPSA) is 106 Å². The van der Waals surface area contributed by atoms with Crippen molar-refractivity contribution in [1.82, 2.24) is 5.16 Å². The number of rotatable bonds is 5. The Kier molecular flexibility index (Phi) is 4.32. The number of benzene rings is 2. The van der Waals surface area contributed by atoms with Gasteiger partial charge in [0.15, 0.2) is 5.76 Å². The predicted molar refractivity (Wildman–Crippen MR) is 96.5 cm³/mol. The van der Waals surface area contributed by atoms with Crippen molar-refractivity contribution >= 4 is 16.9 Å². The molecule has 0 aliphatic rings. The van der Waals surface area contributed by atoms with Crippen LogP contribution in [0.5, 0.6) is 5.75 Å². The molecule has 0 aliphatic carbocycles. The molecule has 0 saturated carbocycles. The van der Waals surface area contributed by atoms with E-state index < -0.39 is 11.8 Å². The van der Waals surface area contributed by atoms with Gasteiger partial charge < -0.3 is 23.9 Å². The van der Waals surface area contributed by atoms with E-state index >= 15 is 0 Å². The van der Waals surface area contributed by atoms with Gasteiger partial charge in [0, 0.05) is 22.6 Å². The molecule has 0 spiro atoms. The minimum atomic E-state index is -1.18. The van der Waals surface area contributed by atoms with Gasteiger partial charge in [0.25, 0.3) is 0 Å². The van der Waals surface area contributed by atoms with E-state index in [0.29, 0.717) is 33.5 Å². The Morgan fingerprint density at radius 3 is 2.57 bits per heavy atom. The molecule has 2 N–H and O–H groups in total. The van der Waals surface area contributed by atoms with Gasteiger partial charge in [-0.3, -0.25) is 0 Å². The highest BCUT2D eigenvalue weighted by Crippen LogP contribution is 2.40. The van der Waals surface area contributed by atoms with E-state index in [1.54, 1.807) is 12.1 Å². The number of hydrogen-bond acceptors (Lipinski definition) is 6. The van der Waals surface area contributed by atoms with Crippen molar-refractivity contribution in [1.29, 1.82) is 0 Å². The average Bonchev–Trinajstić information content (AvgIpc) is 3.31. The van der Waals surface area contributed by atoms with Gasteiger partial charge in [0.1, 0.15) is 40.8 Å². The number of nitrogens with zero attached hydrogens (tertiary/aromatic N) is 1. The molecule has 7 nitrogen and oxygen atoms in total. The van der Waals surface area contributed by atoms with Gasteiger partial charge in [0.05, 0.1) is 7.11 Å². The van der Waals surface area contributed by atoms with Crippen LogP contribution in [0.2, 0.25) is 0 Å². The second-order valence-corrected chi connectivity index (χ2v) is 6.00. The number of aromatic carboxylic acids is 1. The molecular weight excluding hydrogens is 369 g/mol. The first-order valence-corrected chi connectivity index (χ1v) is 8.22. The Hall–Kier alpha value is -3.65. The van der Waals surface area contributed by atoms with Gasteiger partial charge in [-0.15, -0.1) is 0 Å². The van der Waals surface area contributed by atoms with Crippen molar-refractivity contribution < 1.29 is 33.1 Å². The van der Waals surface area contributed by atoms with Crippen LogP contribution in [0.25, 0.3) is 33.6 Å². The second kappa shape index (κ2) is 6.82. The molecule has 0 amide bonds. The number of carboxylic acids is 1. The molecule has 0 aliphatic heterocycles. The Morgan fingerprint density at radius 2 is 1.96 bits per heavy atom. The average molecular weight is 383 g/mol. The highest BCUT2D eigenvalue weighted by molar-refractivity contribution is 6.09. The zero-order valence-corrected chi connectivity index (χ0v) is 14.6. The monoisotopic (exact) mass is 383 g/mol. The van der Waals surface area contributed by atoms with Gasteiger partial charge in [-0.25, -0.2) is 9.18 Å². The molecule has 8 heteroatoms. The highest BCUT2D eigenvalue weighted by atomic mass is 19.1.